The van der Waals surface area contributed by atoms with Gasteiger partial charge in [-0.05, 0) is 26.0 Å². The molecule has 0 N–H and O–H groups in total. The van der Waals surface area contributed by atoms with Crippen molar-refractivity contribution in [2.24, 2.45) is 0 Å². The molecule has 3 rings (SSSR count). The number of nitrogens with zero attached hydrogens (tertiary/aromatic N) is 2. The van der Waals surface area contributed by atoms with E-state index in [1.807, 2.05) is 13.0 Å². The highest BCUT2D eigenvalue weighted by molar-refractivity contribution is 7.18. The van der Waals surface area contributed by atoms with Crippen molar-refractivity contribution in [3.05, 3.63) is 62.8 Å². The van der Waals surface area contributed by atoms with Crippen LogP contribution in [0.3, 0.4) is 0 Å². The van der Waals surface area contributed by atoms with Gasteiger partial charge in [0.15, 0.2) is 0 Å². The number of benzene rings is 1. The lowest BCUT2D eigenvalue weighted by Gasteiger charge is -2.10. The molecular formula is C15H13FN2OS. The third-order valence-electron chi connectivity index (χ3n) is 3.25. The Kier molecular flexibility index (Phi) is 3.14. The summed E-state index contributed by atoms with van der Waals surface area (Å²) in [5.74, 6) is 0.299. The van der Waals surface area contributed by atoms with Gasteiger partial charge in [0, 0.05) is 10.4 Å². The summed E-state index contributed by atoms with van der Waals surface area (Å²) < 4.78 is 15.2. The average molecular weight is 288 g/mol. The number of fused-ring (bicyclic) bond motifs is 1. The fourth-order valence-electron chi connectivity index (χ4n) is 2.22. The van der Waals surface area contributed by atoms with Gasteiger partial charge in [0.2, 0.25) is 0 Å². The second kappa shape index (κ2) is 4.83. The monoisotopic (exact) mass is 288 g/mol. The van der Waals surface area contributed by atoms with E-state index in [2.05, 4.69) is 4.98 Å². The fraction of sp³-hybridized carbons (Fsp3) is 0.200. The summed E-state index contributed by atoms with van der Waals surface area (Å²) in [6, 6.07) is 8.32. The Labute approximate surface area is 119 Å². The minimum atomic E-state index is -0.305. The lowest BCUT2D eigenvalue weighted by atomic mass is 10.2. The van der Waals surface area contributed by atoms with Gasteiger partial charge in [-0.3, -0.25) is 9.36 Å². The zero-order chi connectivity index (χ0) is 14.3. The molecule has 0 radical (unpaired) electrons. The van der Waals surface area contributed by atoms with E-state index >= 15 is 0 Å². The number of hydrogen-bond acceptors (Lipinski definition) is 3. The van der Waals surface area contributed by atoms with Gasteiger partial charge in [-0.25, -0.2) is 9.37 Å². The van der Waals surface area contributed by atoms with Crippen molar-refractivity contribution in [3.63, 3.8) is 0 Å². The van der Waals surface area contributed by atoms with Gasteiger partial charge >= 0.3 is 0 Å². The molecule has 102 valence electrons. The third kappa shape index (κ3) is 2.14. The number of aryl methyl sites for hydroxylation is 2. The van der Waals surface area contributed by atoms with Crippen LogP contribution in [0.5, 0.6) is 0 Å². The van der Waals surface area contributed by atoms with Gasteiger partial charge in [-0.1, -0.05) is 18.2 Å². The molecule has 1 aromatic carbocycles. The van der Waals surface area contributed by atoms with E-state index in [0.29, 0.717) is 16.8 Å². The van der Waals surface area contributed by atoms with Crippen LogP contribution in [0.2, 0.25) is 0 Å². The molecule has 0 aliphatic carbocycles. The number of halogens is 1. The maximum Gasteiger partial charge on any atom is 0.262 e. The Morgan fingerprint density at radius 3 is 2.80 bits per heavy atom. The smallest absolute Gasteiger partial charge is 0.262 e. The van der Waals surface area contributed by atoms with Gasteiger partial charge in [0.05, 0.1) is 11.9 Å². The standard InChI is InChI=1S/C15H13FN2OS/c1-9-7-12-14(20-9)17-10(2)18(15(12)19)8-11-5-3-4-6-13(11)16/h3-7H,8H2,1-2H3. The van der Waals surface area contributed by atoms with Crippen molar-refractivity contribution < 1.29 is 4.39 Å². The molecule has 3 aromatic rings. The summed E-state index contributed by atoms with van der Waals surface area (Å²) in [5, 5.41) is 0.606. The minimum absolute atomic E-state index is 0.111. The molecule has 2 heterocycles. The van der Waals surface area contributed by atoms with Crippen LogP contribution < -0.4 is 5.56 Å². The normalized spacial score (nSPS) is 11.2. The molecule has 0 spiro atoms. The van der Waals surface area contributed by atoms with Crippen LogP contribution in [-0.2, 0) is 6.54 Å². The Hall–Kier alpha value is -2.01. The molecule has 0 fully saturated rings. The van der Waals surface area contributed by atoms with Crippen molar-refractivity contribution in [1.82, 2.24) is 9.55 Å². The quantitative estimate of drug-likeness (QED) is 0.725. The molecule has 0 unspecified atom stereocenters. The SMILES string of the molecule is Cc1cc2c(=O)n(Cc3ccccc3F)c(C)nc2s1. The highest BCUT2D eigenvalue weighted by atomic mass is 32.1. The lowest BCUT2D eigenvalue weighted by molar-refractivity contribution is 0.591. The summed E-state index contributed by atoms with van der Waals surface area (Å²) in [5.41, 5.74) is 0.380. The van der Waals surface area contributed by atoms with Crippen LogP contribution in [0.25, 0.3) is 10.2 Å². The second-order valence-electron chi connectivity index (χ2n) is 4.72. The molecule has 20 heavy (non-hydrogen) atoms. The molecule has 0 saturated heterocycles. The van der Waals surface area contributed by atoms with Crippen molar-refractivity contribution in [2.45, 2.75) is 20.4 Å². The first-order chi connectivity index (χ1) is 9.56. The van der Waals surface area contributed by atoms with Gasteiger partial charge in [-0.2, -0.15) is 0 Å². The largest absolute Gasteiger partial charge is 0.292 e. The molecule has 0 bridgehead atoms. The van der Waals surface area contributed by atoms with Crippen molar-refractivity contribution >= 4 is 21.6 Å². The average Bonchev–Trinajstić information content (AvgIpc) is 2.77. The van der Waals surface area contributed by atoms with Gasteiger partial charge in [-0.15, -0.1) is 11.3 Å². The molecule has 5 heteroatoms. The topological polar surface area (TPSA) is 34.9 Å². The molecule has 0 aliphatic rings. The van der Waals surface area contributed by atoms with E-state index in [0.717, 1.165) is 9.71 Å². The van der Waals surface area contributed by atoms with E-state index in [1.165, 1.54) is 22.0 Å². The molecule has 3 nitrogen and oxygen atoms in total. The van der Waals surface area contributed by atoms with Gasteiger partial charge < -0.3 is 0 Å². The van der Waals surface area contributed by atoms with Crippen LogP contribution in [-0.4, -0.2) is 9.55 Å². The second-order valence-corrected chi connectivity index (χ2v) is 5.95. The van der Waals surface area contributed by atoms with Crippen LogP contribution in [0, 0.1) is 19.7 Å². The summed E-state index contributed by atoms with van der Waals surface area (Å²) >= 11 is 1.50. The fourth-order valence-corrected chi connectivity index (χ4v) is 3.14. The van der Waals surface area contributed by atoms with Gasteiger partial charge in [0.1, 0.15) is 16.5 Å². The highest BCUT2D eigenvalue weighted by Gasteiger charge is 2.12. The summed E-state index contributed by atoms with van der Waals surface area (Å²) in [6.07, 6.45) is 0. The van der Waals surface area contributed by atoms with Crippen LogP contribution in [0.15, 0.2) is 35.1 Å². The highest BCUT2D eigenvalue weighted by Crippen LogP contribution is 2.20. The number of aromatic nitrogens is 2. The van der Waals surface area contributed by atoms with Crippen LogP contribution in [0.4, 0.5) is 4.39 Å². The van der Waals surface area contributed by atoms with Crippen LogP contribution >= 0.6 is 11.3 Å². The van der Waals surface area contributed by atoms with Crippen molar-refractivity contribution in [1.29, 1.82) is 0 Å². The first-order valence-corrected chi connectivity index (χ1v) is 7.09. The van der Waals surface area contributed by atoms with Crippen molar-refractivity contribution in [2.75, 3.05) is 0 Å². The Balaban J connectivity index is 2.17. The number of hydrogen-bond donors (Lipinski definition) is 0. The zero-order valence-electron chi connectivity index (χ0n) is 11.2. The summed E-state index contributed by atoms with van der Waals surface area (Å²) in [7, 11) is 0. The summed E-state index contributed by atoms with van der Waals surface area (Å²) in [6.45, 7) is 3.92. The van der Waals surface area contributed by atoms with Gasteiger partial charge in [0.25, 0.3) is 5.56 Å². The maximum atomic E-state index is 13.7. The van der Waals surface area contributed by atoms with Crippen molar-refractivity contribution in [3.8, 4) is 0 Å². The minimum Gasteiger partial charge on any atom is -0.292 e. The maximum absolute atomic E-state index is 13.7. The molecule has 0 aliphatic heterocycles. The summed E-state index contributed by atoms with van der Waals surface area (Å²) in [4.78, 5) is 18.7. The Morgan fingerprint density at radius 2 is 2.05 bits per heavy atom. The first kappa shape index (κ1) is 13.0. The van der Waals surface area contributed by atoms with E-state index in [9.17, 15) is 9.18 Å². The molecule has 0 saturated carbocycles. The van der Waals surface area contributed by atoms with E-state index < -0.39 is 0 Å². The first-order valence-electron chi connectivity index (χ1n) is 6.27. The Morgan fingerprint density at radius 1 is 1.30 bits per heavy atom. The van der Waals surface area contributed by atoms with E-state index in [4.69, 9.17) is 0 Å². The predicted octanol–water partition coefficient (Wildman–Crippen LogP) is 3.26. The Bertz CT molecular complexity index is 851. The molecule has 0 amide bonds. The third-order valence-corrected chi connectivity index (χ3v) is 4.20. The zero-order valence-corrected chi connectivity index (χ0v) is 12.0. The molecule has 2 aromatic heterocycles. The van der Waals surface area contributed by atoms with E-state index in [1.54, 1.807) is 25.1 Å². The predicted molar refractivity (Wildman–Crippen MR) is 78.9 cm³/mol. The number of thiophene rings is 1. The molecule has 0 atom stereocenters. The van der Waals surface area contributed by atoms with E-state index in [-0.39, 0.29) is 17.9 Å². The van der Waals surface area contributed by atoms with Crippen LogP contribution in [0.1, 0.15) is 16.3 Å². The molecular weight excluding hydrogens is 275 g/mol. The number of rotatable bonds is 2. The lowest BCUT2D eigenvalue weighted by Crippen LogP contribution is -2.24.